The van der Waals surface area contributed by atoms with Crippen molar-refractivity contribution in [2.24, 2.45) is 0 Å². The number of benzene rings is 1. The fraction of sp³-hybridized carbons (Fsp3) is 0.409. The van der Waals surface area contributed by atoms with E-state index in [0.717, 1.165) is 28.2 Å². The van der Waals surface area contributed by atoms with Crippen molar-refractivity contribution in [1.29, 1.82) is 0 Å². The summed E-state index contributed by atoms with van der Waals surface area (Å²) < 4.78 is 26.5. The van der Waals surface area contributed by atoms with Gasteiger partial charge in [-0.1, -0.05) is 13.8 Å². The molecule has 2 N–H and O–H groups in total. The summed E-state index contributed by atoms with van der Waals surface area (Å²) in [6.45, 7) is 3.82. The van der Waals surface area contributed by atoms with Crippen molar-refractivity contribution >= 4 is 44.9 Å². The fourth-order valence-electron chi connectivity index (χ4n) is 4.45. The Kier molecular flexibility index (Phi) is 6.30. The highest BCUT2D eigenvalue weighted by Crippen LogP contribution is 2.42. The molecule has 1 saturated heterocycles. The van der Waals surface area contributed by atoms with Gasteiger partial charge in [0, 0.05) is 29.2 Å². The van der Waals surface area contributed by atoms with Crippen molar-refractivity contribution in [1.82, 2.24) is 14.5 Å². The molecule has 1 aromatic heterocycles. The Balaban J connectivity index is 1.45. The van der Waals surface area contributed by atoms with Crippen LogP contribution in [-0.4, -0.2) is 55.1 Å². The molecule has 2 aromatic rings. The number of imide groups is 1. The molecule has 1 aliphatic heterocycles. The van der Waals surface area contributed by atoms with Crippen molar-refractivity contribution < 1.29 is 22.8 Å². The second-order valence-corrected chi connectivity index (χ2v) is 10.9. The summed E-state index contributed by atoms with van der Waals surface area (Å²) in [5, 5.41) is 7.36. The lowest BCUT2D eigenvalue weighted by Crippen LogP contribution is -2.46. The number of amides is 4. The molecular weight excluding hydrogens is 464 g/mol. The Hall–Kier alpha value is -2.76. The summed E-state index contributed by atoms with van der Waals surface area (Å²) >= 11 is 1.57. The van der Waals surface area contributed by atoms with Crippen LogP contribution in [0.2, 0.25) is 0 Å². The number of rotatable bonds is 7. The molecule has 1 atom stereocenters. The van der Waals surface area contributed by atoms with E-state index in [0.29, 0.717) is 25.2 Å². The van der Waals surface area contributed by atoms with Crippen molar-refractivity contribution in [3.05, 3.63) is 46.2 Å². The van der Waals surface area contributed by atoms with E-state index in [1.807, 2.05) is 11.4 Å². The van der Waals surface area contributed by atoms with Gasteiger partial charge in [0.2, 0.25) is 15.9 Å². The van der Waals surface area contributed by atoms with Crippen molar-refractivity contribution in [2.75, 3.05) is 25.0 Å². The Morgan fingerprint density at radius 3 is 2.55 bits per heavy atom. The van der Waals surface area contributed by atoms with Gasteiger partial charge in [0.1, 0.15) is 12.1 Å². The van der Waals surface area contributed by atoms with Crippen molar-refractivity contribution in [2.45, 2.75) is 43.5 Å². The van der Waals surface area contributed by atoms with Gasteiger partial charge in [0.15, 0.2) is 0 Å². The summed E-state index contributed by atoms with van der Waals surface area (Å²) in [4.78, 5) is 40.6. The highest BCUT2D eigenvalue weighted by atomic mass is 32.2. The Morgan fingerprint density at radius 1 is 1.18 bits per heavy atom. The molecule has 33 heavy (non-hydrogen) atoms. The van der Waals surface area contributed by atoms with E-state index < -0.39 is 40.0 Å². The van der Waals surface area contributed by atoms with Gasteiger partial charge < -0.3 is 10.6 Å². The second-order valence-electron chi connectivity index (χ2n) is 8.00. The summed E-state index contributed by atoms with van der Waals surface area (Å²) in [7, 11) is -3.60. The highest BCUT2D eigenvalue weighted by molar-refractivity contribution is 7.89. The smallest absolute Gasteiger partial charge is 0.325 e. The van der Waals surface area contributed by atoms with E-state index in [4.69, 9.17) is 0 Å². The molecule has 1 fully saturated rings. The predicted octanol–water partition coefficient (Wildman–Crippen LogP) is 2.50. The van der Waals surface area contributed by atoms with Crippen LogP contribution in [0.25, 0.3) is 0 Å². The zero-order chi connectivity index (χ0) is 23.8. The zero-order valence-corrected chi connectivity index (χ0v) is 20.1. The van der Waals surface area contributed by atoms with Crippen LogP contribution in [0.15, 0.2) is 40.6 Å². The molecule has 176 valence electrons. The third kappa shape index (κ3) is 4.04. The van der Waals surface area contributed by atoms with E-state index in [2.05, 4.69) is 10.6 Å². The molecule has 1 spiro atoms. The number of urea groups is 1. The molecule has 0 unspecified atom stereocenters. The van der Waals surface area contributed by atoms with Crippen LogP contribution in [0.3, 0.4) is 0 Å². The minimum atomic E-state index is -3.60. The standard InChI is InChI=1S/C22H26N4O5S2/c1-3-25(4-2)33(30,31)16-9-7-15(8-10-16)23-19(27)14-26-20(28)22(24-21(26)29)12-5-6-18-17(22)11-13-32-18/h7-11,13H,3-6,12,14H2,1-2H3,(H,23,27)(H,24,29)/t22-/m0/s1. The van der Waals surface area contributed by atoms with Gasteiger partial charge in [-0.05, 0) is 55.0 Å². The molecule has 2 heterocycles. The molecule has 0 bridgehead atoms. The molecule has 1 aliphatic carbocycles. The first-order chi connectivity index (χ1) is 15.7. The van der Waals surface area contributed by atoms with Gasteiger partial charge in [-0.25, -0.2) is 13.2 Å². The number of anilines is 1. The maximum atomic E-state index is 13.2. The zero-order valence-electron chi connectivity index (χ0n) is 18.5. The first-order valence-corrected chi connectivity index (χ1v) is 13.2. The monoisotopic (exact) mass is 490 g/mol. The molecule has 9 nitrogen and oxygen atoms in total. The lowest BCUT2D eigenvalue weighted by Gasteiger charge is -2.31. The number of thiophene rings is 1. The van der Waals surface area contributed by atoms with Crippen LogP contribution >= 0.6 is 11.3 Å². The molecule has 0 saturated carbocycles. The maximum absolute atomic E-state index is 13.2. The number of aryl methyl sites for hydroxylation is 1. The van der Waals surface area contributed by atoms with Gasteiger partial charge in [0.05, 0.1) is 4.90 Å². The van der Waals surface area contributed by atoms with E-state index in [1.165, 1.54) is 28.6 Å². The number of sulfonamides is 1. The molecular formula is C22H26N4O5S2. The number of hydrogen-bond acceptors (Lipinski definition) is 6. The lowest BCUT2D eigenvalue weighted by molar-refractivity contribution is -0.134. The quantitative estimate of drug-likeness (QED) is 0.579. The number of carbonyl (C=O) groups is 3. The molecule has 4 amide bonds. The topological polar surface area (TPSA) is 116 Å². The Morgan fingerprint density at radius 2 is 1.88 bits per heavy atom. The predicted molar refractivity (Wildman–Crippen MR) is 124 cm³/mol. The van der Waals surface area contributed by atoms with Gasteiger partial charge in [-0.15, -0.1) is 11.3 Å². The Bertz CT molecular complexity index is 1190. The summed E-state index contributed by atoms with van der Waals surface area (Å²) in [6, 6.07) is 7.10. The van der Waals surface area contributed by atoms with Crippen LogP contribution in [-0.2, 0) is 31.6 Å². The van der Waals surface area contributed by atoms with E-state index in [-0.39, 0.29) is 4.90 Å². The van der Waals surface area contributed by atoms with E-state index >= 15 is 0 Å². The van der Waals surface area contributed by atoms with Gasteiger partial charge in [-0.2, -0.15) is 4.31 Å². The largest absolute Gasteiger partial charge is 0.325 e. The number of nitrogens with zero attached hydrogens (tertiary/aromatic N) is 2. The first-order valence-electron chi connectivity index (χ1n) is 10.8. The van der Waals surface area contributed by atoms with Crippen LogP contribution in [0.4, 0.5) is 10.5 Å². The normalized spacial score (nSPS) is 20.3. The molecule has 0 radical (unpaired) electrons. The fourth-order valence-corrected chi connectivity index (χ4v) is 6.91. The summed E-state index contributed by atoms with van der Waals surface area (Å²) in [6.07, 6.45) is 2.16. The number of fused-ring (bicyclic) bond motifs is 2. The van der Waals surface area contributed by atoms with Crippen molar-refractivity contribution in [3.8, 4) is 0 Å². The number of nitrogens with one attached hydrogen (secondary N) is 2. The van der Waals surface area contributed by atoms with Crippen molar-refractivity contribution in [3.63, 3.8) is 0 Å². The average Bonchev–Trinajstić information content (AvgIpc) is 3.35. The van der Waals surface area contributed by atoms with Crippen LogP contribution in [0.1, 0.15) is 37.1 Å². The van der Waals surface area contributed by atoms with Crippen LogP contribution in [0, 0.1) is 0 Å². The molecule has 2 aliphatic rings. The van der Waals surface area contributed by atoms with E-state index in [1.54, 1.807) is 25.2 Å². The Labute approximate surface area is 196 Å². The van der Waals surface area contributed by atoms with Gasteiger partial charge in [0.25, 0.3) is 5.91 Å². The maximum Gasteiger partial charge on any atom is 0.325 e. The summed E-state index contributed by atoms with van der Waals surface area (Å²) in [5.74, 6) is -0.959. The van der Waals surface area contributed by atoms with Gasteiger partial charge in [-0.3, -0.25) is 14.5 Å². The van der Waals surface area contributed by atoms with E-state index in [9.17, 15) is 22.8 Å². The number of carbonyl (C=O) groups excluding carboxylic acids is 3. The SMILES string of the molecule is CCN(CC)S(=O)(=O)c1ccc(NC(=O)CN2C(=O)N[C@]3(CCCc4sccc43)C2=O)cc1. The minimum absolute atomic E-state index is 0.129. The third-order valence-electron chi connectivity index (χ3n) is 6.12. The molecule has 1 aromatic carbocycles. The lowest BCUT2D eigenvalue weighted by atomic mass is 9.80. The molecule has 4 rings (SSSR count). The van der Waals surface area contributed by atoms with Crippen LogP contribution < -0.4 is 10.6 Å². The minimum Gasteiger partial charge on any atom is -0.325 e. The molecule has 11 heteroatoms. The van der Waals surface area contributed by atoms with Gasteiger partial charge >= 0.3 is 6.03 Å². The highest BCUT2D eigenvalue weighted by Gasteiger charge is 2.54. The second kappa shape index (κ2) is 8.88. The van der Waals surface area contributed by atoms with Crippen LogP contribution in [0.5, 0.6) is 0 Å². The third-order valence-corrected chi connectivity index (χ3v) is 9.16. The average molecular weight is 491 g/mol. The number of hydrogen-bond donors (Lipinski definition) is 2. The first kappa shape index (κ1) is 23.4. The summed E-state index contributed by atoms with van der Waals surface area (Å²) in [5.41, 5.74) is 0.105.